The normalized spacial score (nSPS) is 16.4. The molecule has 0 aliphatic carbocycles. The smallest absolute Gasteiger partial charge is 0.275 e. The SMILES string of the molecule is Cc1cccc(C#Cc2ccc3c(c2)N(C)C(=O)C(N2CCc4c(nn(Cc5ccccc5)c4Cl)C2=O)CO3)n1. The first-order valence-electron chi connectivity index (χ1n) is 13.0. The van der Waals surface area contributed by atoms with Crippen LogP contribution in [0.1, 0.15) is 38.6 Å². The molecule has 0 saturated carbocycles. The summed E-state index contributed by atoms with van der Waals surface area (Å²) in [5.41, 5.74) is 4.90. The van der Waals surface area contributed by atoms with Gasteiger partial charge < -0.3 is 14.5 Å². The quantitative estimate of drug-likeness (QED) is 0.358. The molecule has 4 aromatic rings. The van der Waals surface area contributed by atoms with Gasteiger partial charge in [-0.3, -0.25) is 9.59 Å². The molecular formula is C31H26ClN5O3. The van der Waals surface area contributed by atoms with Gasteiger partial charge in [-0.15, -0.1) is 0 Å². The van der Waals surface area contributed by atoms with Gasteiger partial charge in [0.25, 0.3) is 11.8 Å². The molecule has 0 N–H and O–H groups in total. The number of hydrogen-bond acceptors (Lipinski definition) is 5. The third kappa shape index (κ3) is 4.80. The summed E-state index contributed by atoms with van der Waals surface area (Å²) >= 11 is 6.63. The van der Waals surface area contributed by atoms with E-state index in [0.717, 1.165) is 16.8 Å². The van der Waals surface area contributed by atoms with Crippen molar-refractivity contribution in [1.29, 1.82) is 0 Å². The van der Waals surface area contributed by atoms with Crippen LogP contribution >= 0.6 is 11.6 Å². The minimum absolute atomic E-state index is 0.0357. The van der Waals surface area contributed by atoms with Crippen molar-refractivity contribution in [2.24, 2.45) is 0 Å². The maximum absolute atomic E-state index is 13.7. The van der Waals surface area contributed by atoms with Crippen LogP contribution in [-0.2, 0) is 17.8 Å². The maximum Gasteiger partial charge on any atom is 0.275 e. The van der Waals surface area contributed by atoms with Crippen LogP contribution in [0.25, 0.3) is 0 Å². The van der Waals surface area contributed by atoms with Crippen molar-refractivity contribution >= 4 is 29.1 Å². The second kappa shape index (κ2) is 10.5. The number of benzene rings is 2. The number of halogens is 1. The molecule has 0 fully saturated rings. The van der Waals surface area contributed by atoms with Crippen LogP contribution in [-0.4, -0.2) is 57.7 Å². The largest absolute Gasteiger partial charge is 0.489 e. The highest BCUT2D eigenvalue weighted by Crippen LogP contribution is 2.34. The number of nitrogens with zero attached hydrogens (tertiary/aromatic N) is 5. The molecular weight excluding hydrogens is 526 g/mol. The lowest BCUT2D eigenvalue weighted by Gasteiger charge is -2.33. The zero-order valence-electron chi connectivity index (χ0n) is 22.1. The van der Waals surface area contributed by atoms with Gasteiger partial charge in [0.05, 0.1) is 12.2 Å². The number of rotatable bonds is 3. The van der Waals surface area contributed by atoms with Crippen LogP contribution in [0.15, 0.2) is 66.7 Å². The molecule has 40 heavy (non-hydrogen) atoms. The molecule has 2 amide bonds. The van der Waals surface area contributed by atoms with Crippen molar-refractivity contribution in [2.75, 3.05) is 25.1 Å². The summed E-state index contributed by atoms with van der Waals surface area (Å²) in [5.74, 6) is 6.18. The first-order chi connectivity index (χ1) is 19.4. The Morgan fingerprint density at radius 2 is 1.88 bits per heavy atom. The third-order valence-corrected chi connectivity index (χ3v) is 7.58. The van der Waals surface area contributed by atoms with Gasteiger partial charge in [-0.1, -0.05) is 53.9 Å². The molecule has 2 aliphatic rings. The Labute approximate surface area is 237 Å². The summed E-state index contributed by atoms with van der Waals surface area (Å²) in [7, 11) is 1.69. The number of carbonyl (C=O) groups is 2. The summed E-state index contributed by atoms with van der Waals surface area (Å²) in [6.07, 6.45) is 0.502. The first-order valence-corrected chi connectivity index (χ1v) is 13.4. The van der Waals surface area contributed by atoms with Crippen molar-refractivity contribution in [3.63, 3.8) is 0 Å². The third-order valence-electron chi connectivity index (χ3n) is 7.16. The molecule has 1 atom stereocenters. The van der Waals surface area contributed by atoms with Gasteiger partial charge in [0, 0.05) is 30.4 Å². The molecule has 2 aliphatic heterocycles. The molecule has 0 saturated heterocycles. The highest BCUT2D eigenvalue weighted by Gasteiger charge is 2.40. The van der Waals surface area contributed by atoms with E-state index >= 15 is 0 Å². The minimum atomic E-state index is -0.804. The Balaban J connectivity index is 1.23. The predicted octanol–water partition coefficient (Wildman–Crippen LogP) is 4.11. The lowest BCUT2D eigenvalue weighted by molar-refractivity contribution is -0.123. The Kier molecular flexibility index (Phi) is 6.74. The summed E-state index contributed by atoms with van der Waals surface area (Å²) < 4.78 is 7.71. The van der Waals surface area contributed by atoms with E-state index in [-0.39, 0.29) is 24.1 Å². The lowest BCUT2D eigenvalue weighted by Crippen LogP contribution is -2.54. The fourth-order valence-corrected chi connectivity index (χ4v) is 5.32. The van der Waals surface area contributed by atoms with Gasteiger partial charge in [-0.05, 0) is 55.2 Å². The monoisotopic (exact) mass is 551 g/mol. The fraction of sp³-hybridized carbons (Fsp3) is 0.226. The number of ether oxygens (including phenoxy) is 1. The fourth-order valence-electron chi connectivity index (χ4n) is 5.03. The van der Waals surface area contributed by atoms with Crippen LogP contribution in [0, 0.1) is 18.8 Å². The van der Waals surface area contributed by atoms with Gasteiger partial charge in [-0.25, -0.2) is 9.67 Å². The summed E-state index contributed by atoms with van der Waals surface area (Å²) in [6, 6.07) is 20.2. The van der Waals surface area contributed by atoms with Gasteiger partial charge in [0.1, 0.15) is 29.2 Å². The summed E-state index contributed by atoms with van der Waals surface area (Å²) in [6.45, 7) is 2.75. The van der Waals surface area contributed by atoms with E-state index in [2.05, 4.69) is 21.9 Å². The number of pyridine rings is 1. The Bertz CT molecular complexity index is 1690. The second-order valence-corrected chi connectivity index (χ2v) is 10.2. The predicted molar refractivity (Wildman–Crippen MR) is 152 cm³/mol. The average Bonchev–Trinajstić information content (AvgIpc) is 3.22. The highest BCUT2D eigenvalue weighted by molar-refractivity contribution is 6.31. The zero-order chi connectivity index (χ0) is 27.8. The van der Waals surface area contributed by atoms with Crippen LogP contribution in [0.4, 0.5) is 5.69 Å². The summed E-state index contributed by atoms with van der Waals surface area (Å²) in [4.78, 5) is 34.8. The van der Waals surface area contributed by atoms with Gasteiger partial charge >= 0.3 is 0 Å². The van der Waals surface area contributed by atoms with Gasteiger partial charge in [0.15, 0.2) is 5.69 Å². The molecule has 2 aromatic carbocycles. The van der Waals surface area contributed by atoms with Crippen molar-refractivity contribution in [1.82, 2.24) is 19.7 Å². The molecule has 6 rings (SSSR count). The van der Waals surface area contributed by atoms with E-state index in [1.807, 2.05) is 67.6 Å². The molecule has 9 heteroatoms. The Morgan fingerprint density at radius 3 is 2.67 bits per heavy atom. The summed E-state index contributed by atoms with van der Waals surface area (Å²) in [5, 5.41) is 5.00. The number of carbonyl (C=O) groups excluding carboxylic acids is 2. The molecule has 0 spiro atoms. The zero-order valence-corrected chi connectivity index (χ0v) is 22.9. The topological polar surface area (TPSA) is 80.6 Å². The van der Waals surface area contributed by atoms with Crippen molar-refractivity contribution in [2.45, 2.75) is 25.9 Å². The Morgan fingerprint density at radius 1 is 1.05 bits per heavy atom. The molecule has 8 nitrogen and oxygen atoms in total. The number of anilines is 1. The van der Waals surface area contributed by atoms with Crippen LogP contribution in [0.3, 0.4) is 0 Å². The number of fused-ring (bicyclic) bond motifs is 2. The minimum Gasteiger partial charge on any atom is -0.489 e. The van der Waals surface area contributed by atoms with E-state index in [1.54, 1.807) is 22.7 Å². The van der Waals surface area contributed by atoms with E-state index in [1.165, 1.54) is 4.90 Å². The number of aromatic nitrogens is 3. The van der Waals surface area contributed by atoms with E-state index in [4.69, 9.17) is 16.3 Å². The average molecular weight is 552 g/mol. The molecule has 0 bridgehead atoms. The number of likely N-dealkylation sites (N-methyl/N-ethyl adjacent to an activating group) is 1. The van der Waals surface area contributed by atoms with E-state index in [9.17, 15) is 9.59 Å². The molecule has 0 radical (unpaired) electrons. The number of aryl methyl sites for hydroxylation is 1. The lowest BCUT2D eigenvalue weighted by atomic mass is 10.0. The molecule has 4 heterocycles. The maximum atomic E-state index is 13.7. The highest BCUT2D eigenvalue weighted by atomic mass is 35.5. The molecule has 200 valence electrons. The van der Waals surface area contributed by atoms with Gasteiger partial charge in [-0.2, -0.15) is 5.10 Å². The van der Waals surface area contributed by atoms with Crippen LogP contribution in [0.2, 0.25) is 5.15 Å². The van der Waals surface area contributed by atoms with Crippen LogP contribution in [0.5, 0.6) is 5.75 Å². The van der Waals surface area contributed by atoms with Crippen molar-refractivity contribution in [3.05, 3.63) is 106 Å². The van der Waals surface area contributed by atoms with Crippen LogP contribution < -0.4 is 9.64 Å². The molecule has 1 unspecified atom stereocenters. The molecule has 2 aromatic heterocycles. The van der Waals surface area contributed by atoms with Crippen molar-refractivity contribution in [3.8, 4) is 17.6 Å². The number of hydrogen-bond donors (Lipinski definition) is 0. The van der Waals surface area contributed by atoms with Gasteiger partial charge in [0.2, 0.25) is 0 Å². The number of amides is 2. The second-order valence-electron chi connectivity index (χ2n) is 9.83. The Hall–Kier alpha value is -4.61. The van der Waals surface area contributed by atoms with E-state index in [0.29, 0.717) is 47.4 Å². The standard InChI is InChI=1S/C31H26ClN5O3/c1-20-7-6-10-23(33-20)13-11-21-12-14-27-25(17-21)35(2)30(38)26(19-40-27)36-16-15-24-28(31(36)39)34-37(29(24)32)18-22-8-4-3-5-9-22/h3-10,12,14,17,26H,15-16,18-19H2,1-2H3. The first kappa shape index (κ1) is 25.7. The van der Waals surface area contributed by atoms with E-state index < -0.39 is 6.04 Å². The van der Waals surface area contributed by atoms with Crippen molar-refractivity contribution < 1.29 is 14.3 Å².